The van der Waals surface area contributed by atoms with Crippen LogP contribution in [-0.4, -0.2) is 18.6 Å². The highest BCUT2D eigenvalue weighted by molar-refractivity contribution is 7.10. The van der Waals surface area contributed by atoms with Crippen LogP contribution in [0.1, 0.15) is 29.2 Å². The molecule has 2 heterocycles. The highest BCUT2D eigenvalue weighted by Gasteiger charge is 2.17. The van der Waals surface area contributed by atoms with E-state index in [4.69, 9.17) is 0 Å². The number of benzene rings is 1. The van der Waals surface area contributed by atoms with Gasteiger partial charge in [0, 0.05) is 27.9 Å². The van der Waals surface area contributed by atoms with Gasteiger partial charge in [-0.3, -0.25) is 0 Å². The van der Waals surface area contributed by atoms with Gasteiger partial charge in [0.15, 0.2) is 0 Å². The van der Waals surface area contributed by atoms with Gasteiger partial charge in [0.1, 0.15) is 0 Å². The Morgan fingerprint density at radius 3 is 2.86 bits per heavy atom. The number of hydrogen-bond acceptors (Lipinski definition) is 2. The highest BCUT2D eigenvalue weighted by Crippen LogP contribution is 2.35. The number of aromatic nitrogens is 1. The first-order valence-corrected chi connectivity index (χ1v) is 8.02. The van der Waals surface area contributed by atoms with Crippen LogP contribution in [0, 0.1) is 0 Å². The van der Waals surface area contributed by atoms with Crippen LogP contribution in [0.15, 0.2) is 48.0 Å². The second-order valence-corrected chi connectivity index (χ2v) is 6.08. The fourth-order valence-corrected chi connectivity index (χ4v) is 3.72. The Bertz CT molecular complexity index is 660. The molecule has 0 radical (unpaired) electrons. The van der Waals surface area contributed by atoms with E-state index < -0.39 is 0 Å². The molecular weight excluding hydrogens is 300 g/mol. The second kappa shape index (κ2) is 7.64. The van der Waals surface area contributed by atoms with Crippen molar-refractivity contribution in [3.63, 3.8) is 0 Å². The van der Waals surface area contributed by atoms with E-state index in [0.717, 1.165) is 6.54 Å². The number of rotatable bonds is 6. The smallest absolute Gasteiger partial charge is 0.0456 e. The van der Waals surface area contributed by atoms with Crippen molar-refractivity contribution in [3.05, 3.63) is 58.4 Å². The predicted octanol–water partition coefficient (Wildman–Crippen LogP) is 4.78. The van der Waals surface area contributed by atoms with Crippen LogP contribution in [0.2, 0.25) is 0 Å². The summed E-state index contributed by atoms with van der Waals surface area (Å²) in [6, 6.07) is 13.2. The van der Waals surface area contributed by atoms with Gasteiger partial charge in [-0.05, 0) is 55.6 Å². The van der Waals surface area contributed by atoms with Gasteiger partial charge in [0.2, 0.25) is 0 Å². The standard InChI is InChI=1S/C17H20N2S.ClH/c1-18-10-3-6-15(17-8-4-12-20-17)13-5-2-7-16-14(13)9-11-19-16;/h2,4-5,7-9,11-12,15,18-19H,3,6,10H2,1H3;1H. The lowest BCUT2D eigenvalue weighted by atomic mass is 9.90. The molecule has 2 aromatic heterocycles. The quantitative estimate of drug-likeness (QED) is 0.628. The highest BCUT2D eigenvalue weighted by atomic mass is 35.5. The summed E-state index contributed by atoms with van der Waals surface area (Å²) in [6.07, 6.45) is 4.42. The number of aromatic amines is 1. The van der Waals surface area contributed by atoms with E-state index in [2.05, 4.69) is 52.1 Å². The van der Waals surface area contributed by atoms with Crippen LogP contribution in [0.5, 0.6) is 0 Å². The van der Waals surface area contributed by atoms with Gasteiger partial charge >= 0.3 is 0 Å². The van der Waals surface area contributed by atoms with Crippen LogP contribution in [-0.2, 0) is 0 Å². The third-order valence-electron chi connectivity index (χ3n) is 3.81. The van der Waals surface area contributed by atoms with E-state index in [-0.39, 0.29) is 12.4 Å². The van der Waals surface area contributed by atoms with E-state index in [0.29, 0.717) is 5.92 Å². The SMILES string of the molecule is CNCCCC(c1cccs1)c1cccc2[nH]ccc12.Cl. The maximum Gasteiger partial charge on any atom is 0.0456 e. The van der Waals surface area contributed by atoms with E-state index in [1.807, 2.05) is 24.6 Å². The van der Waals surface area contributed by atoms with E-state index in [9.17, 15) is 0 Å². The van der Waals surface area contributed by atoms with Crippen molar-refractivity contribution >= 4 is 34.6 Å². The molecule has 3 aromatic rings. The molecule has 0 saturated heterocycles. The molecule has 0 spiro atoms. The summed E-state index contributed by atoms with van der Waals surface area (Å²) in [4.78, 5) is 4.79. The Morgan fingerprint density at radius 2 is 2.10 bits per heavy atom. The number of halogens is 1. The summed E-state index contributed by atoms with van der Waals surface area (Å²) in [5, 5.41) is 6.78. The van der Waals surface area contributed by atoms with Gasteiger partial charge in [-0.25, -0.2) is 0 Å². The van der Waals surface area contributed by atoms with Gasteiger partial charge in [-0.1, -0.05) is 18.2 Å². The fourth-order valence-electron chi connectivity index (χ4n) is 2.84. The Labute approximate surface area is 136 Å². The topological polar surface area (TPSA) is 27.8 Å². The van der Waals surface area contributed by atoms with E-state index in [1.165, 1.54) is 34.2 Å². The molecule has 1 atom stereocenters. The maximum absolute atomic E-state index is 3.32. The van der Waals surface area contributed by atoms with Gasteiger partial charge in [0.25, 0.3) is 0 Å². The van der Waals surface area contributed by atoms with Crippen molar-refractivity contribution < 1.29 is 0 Å². The molecule has 0 aliphatic rings. The normalized spacial score (nSPS) is 12.2. The largest absolute Gasteiger partial charge is 0.361 e. The third-order valence-corrected chi connectivity index (χ3v) is 4.80. The van der Waals surface area contributed by atoms with Crippen molar-refractivity contribution in [2.45, 2.75) is 18.8 Å². The summed E-state index contributed by atoms with van der Waals surface area (Å²) < 4.78 is 0. The lowest BCUT2D eigenvalue weighted by Gasteiger charge is -2.17. The Morgan fingerprint density at radius 1 is 1.19 bits per heavy atom. The number of H-pyrrole nitrogens is 1. The first-order valence-electron chi connectivity index (χ1n) is 7.14. The monoisotopic (exact) mass is 320 g/mol. The number of fused-ring (bicyclic) bond motifs is 1. The number of hydrogen-bond donors (Lipinski definition) is 2. The first kappa shape index (κ1) is 16.1. The first-order chi connectivity index (χ1) is 9.90. The van der Waals surface area contributed by atoms with Crippen LogP contribution in [0.25, 0.3) is 10.9 Å². The van der Waals surface area contributed by atoms with Gasteiger partial charge in [0.05, 0.1) is 0 Å². The Hall–Kier alpha value is -1.29. The molecule has 0 bridgehead atoms. The number of thiophene rings is 1. The molecule has 1 unspecified atom stereocenters. The minimum Gasteiger partial charge on any atom is -0.361 e. The maximum atomic E-state index is 3.32. The van der Waals surface area contributed by atoms with Gasteiger partial charge in [-0.15, -0.1) is 23.7 Å². The Balaban J connectivity index is 0.00000161. The zero-order chi connectivity index (χ0) is 13.8. The molecule has 4 heteroatoms. The number of nitrogens with one attached hydrogen (secondary N) is 2. The summed E-state index contributed by atoms with van der Waals surface area (Å²) in [6.45, 7) is 1.07. The summed E-state index contributed by atoms with van der Waals surface area (Å²) >= 11 is 1.86. The predicted molar refractivity (Wildman–Crippen MR) is 94.9 cm³/mol. The van der Waals surface area contributed by atoms with Gasteiger partial charge in [-0.2, -0.15) is 0 Å². The average molecular weight is 321 g/mol. The van der Waals surface area contributed by atoms with Crippen LogP contribution < -0.4 is 5.32 Å². The molecule has 0 aliphatic heterocycles. The molecule has 0 saturated carbocycles. The lowest BCUT2D eigenvalue weighted by molar-refractivity contribution is 0.636. The molecule has 0 aliphatic carbocycles. The van der Waals surface area contributed by atoms with Crippen molar-refractivity contribution in [3.8, 4) is 0 Å². The van der Waals surface area contributed by atoms with Crippen molar-refractivity contribution in [1.82, 2.24) is 10.3 Å². The van der Waals surface area contributed by atoms with E-state index in [1.54, 1.807) is 0 Å². The molecule has 21 heavy (non-hydrogen) atoms. The molecule has 2 N–H and O–H groups in total. The Kier molecular flexibility index (Phi) is 5.85. The zero-order valence-electron chi connectivity index (χ0n) is 12.1. The summed E-state index contributed by atoms with van der Waals surface area (Å²) in [5.74, 6) is 0.503. The van der Waals surface area contributed by atoms with Crippen LogP contribution in [0.3, 0.4) is 0 Å². The second-order valence-electron chi connectivity index (χ2n) is 5.10. The average Bonchev–Trinajstić information content (AvgIpc) is 3.14. The summed E-state index contributed by atoms with van der Waals surface area (Å²) in [7, 11) is 2.02. The molecule has 2 nitrogen and oxygen atoms in total. The van der Waals surface area contributed by atoms with Gasteiger partial charge < -0.3 is 10.3 Å². The zero-order valence-corrected chi connectivity index (χ0v) is 13.8. The molecule has 0 amide bonds. The minimum atomic E-state index is 0. The lowest BCUT2D eigenvalue weighted by Crippen LogP contribution is -2.10. The van der Waals surface area contributed by atoms with Crippen molar-refractivity contribution in [2.24, 2.45) is 0 Å². The minimum absolute atomic E-state index is 0. The summed E-state index contributed by atoms with van der Waals surface area (Å²) in [5.41, 5.74) is 2.68. The van der Waals surface area contributed by atoms with Crippen LogP contribution >= 0.6 is 23.7 Å². The molecule has 1 aromatic carbocycles. The molecule has 3 rings (SSSR count). The third kappa shape index (κ3) is 3.49. The van der Waals surface area contributed by atoms with Crippen LogP contribution in [0.4, 0.5) is 0 Å². The molecule has 112 valence electrons. The molecule has 0 fully saturated rings. The fraction of sp³-hybridized carbons (Fsp3) is 0.294. The molecular formula is C17H21ClN2S. The van der Waals surface area contributed by atoms with Crippen molar-refractivity contribution in [2.75, 3.05) is 13.6 Å². The van der Waals surface area contributed by atoms with Crippen molar-refractivity contribution in [1.29, 1.82) is 0 Å². The van der Waals surface area contributed by atoms with E-state index >= 15 is 0 Å².